The largest absolute Gasteiger partial charge is 0.324 e. The Morgan fingerprint density at radius 3 is 3.00 bits per heavy atom. The van der Waals surface area contributed by atoms with Gasteiger partial charge in [-0.1, -0.05) is 13.3 Å². The Hall–Kier alpha value is -1.06. The second kappa shape index (κ2) is 4.64. The Bertz CT molecular complexity index is 448. The van der Waals surface area contributed by atoms with Crippen molar-refractivity contribution >= 4 is 27.1 Å². The number of fused-ring (bicyclic) bond motifs is 1. The van der Waals surface area contributed by atoms with Crippen LogP contribution in [0.2, 0.25) is 0 Å². The summed E-state index contributed by atoms with van der Waals surface area (Å²) in [5, 5.41) is 3.62. The zero-order valence-corrected chi connectivity index (χ0v) is 9.73. The third kappa shape index (κ3) is 2.13. The minimum absolute atomic E-state index is 0.985. The lowest BCUT2D eigenvalue weighted by molar-refractivity contribution is 0.800. The van der Waals surface area contributed by atoms with Crippen LogP contribution < -0.4 is 11.3 Å². The van der Waals surface area contributed by atoms with Gasteiger partial charge in [-0.2, -0.15) is 0 Å². The van der Waals surface area contributed by atoms with Gasteiger partial charge >= 0.3 is 0 Å². The van der Waals surface area contributed by atoms with Gasteiger partial charge in [-0.05, 0) is 47.4 Å². The Kier molecular flexibility index (Phi) is 3.23. The van der Waals surface area contributed by atoms with Gasteiger partial charge in [0, 0.05) is 10.4 Å². The summed E-state index contributed by atoms with van der Waals surface area (Å²) in [5.74, 6) is 5.41. The van der Waals surface area contributed by atoms with E-state index >= 15 is 0 Å². The quantitative estimate of drug-likeness (QED) is 0.611. The fraction of sp³-hybridized carbons (Fsp3) is 0.333. The van der Waals surface area contributed by atoms with E-state index in [1.165, 1.54) is 34.9 Å². The molecule has 2 aromatic rings. The van der Waals surface area contributed by atoms with Gasteiger partial charge in [0.2, 0.25) is 0 Å². The Morgan fingerprint density at radius 2 is 2.27 bits per heavy atom. The molecular weight excluding hydrogens is 204 g/mol. The third-order valence-electron chi connectivity index (χ3n) is 2.62. The highest BCUT2D eigenvalue weighted by Gasteiger charge is 2.04. The van der Waals surface area contributed by atoms with E-state index in [9.17, 15) is 0 Å². The van der Waals surface area contributed by atoms with Gasteiger partial charge in [-0.25, -0.2) is 0 Å². The molecule has 80 valence electrons. The number of aryl methyl sites for hydroxylation is 1. The van der Waals surface area contributed by atoms with E-state index in [-0.39, 0.29) is 0 Å². The first-order valence-corrected chi connectivity index (χ1v) is 6.20. The van der Waals surface area contributed by atoms with Crippen molar-refractivity contribution in [1.29, 1.82) is 0 Å². The zero-order valence-electron chi connectivity index (χ0n) is 8.92. The summed E-state index contributed by atoms with van der Waals surface area (Å²) < 4.78 is 1.35. The monoisotopic (exact) mass is 220 g/mol. The van der Waals surface area contributed by atoms with E-state index in [1.54, 1.807) is 0 Å². The summed E-state index contributed by atoms with van der Waals surface area (Å²) in [4.78, 5) is 0. The smallest absolute Gasteiger partial charge is 0.0492 e. The maximum atomic E-state index is 5.41. The maximum Gasteiger partial charge on any atom is 0.0492 e. The van der Waals surface area contributed by atoms with Gasteiger partial charge in [0.1, 0.15) is 0 Å². The third-order valence-corrected chi connectivity index (χ3v) is 3.63. The summed E-state index contributed by atoms with van der Waals surface area (Å²) >= 11 is 1.81. The number of hydrazine groups is 1. The Morgan fingerprint density at radius 1 is 1.40 bits per heavy atom. The fourth-order valence-corrected chi connectivity index (χ4v) is 2.71. The van der Waals surface area contributed by atoms with Crippen LogP contribution in [-0.4, -0.2) is 0 Å². The van der Waals surface area contributed by atoms with Gasteiger partial charge in [-0.15, -0.1) is 11.3 Å². The molecule has 2 rings (SSSR count). The van der Waals surface area contributed by atoms with Crippen molar-refractivity contribution < 1.29 is 0 Å². The van der Waals surface area contributed by atoms with E-state index in [2.05, 4.69) is 29.9 Å². The fourth-order valence-electron chi connectivity index (χ4n) is 1.73. The molecule has 0 bridgehead atoms. The van der Waals surface area contributed by atoms with Crippen LogP contribution in [0.25, 0.3) is 10.1 Å². The number of thiophene rings is 1. The number of hydrogen-bond donors (Lipinski definition) is 2. The number of unbranched alkanes of at least 4 members (excludes halogenated alkanes) is 1. The van der Waals surface area contributed by atoms with Crippen molar-refractivity contribution in [3.8, 4) is 0 Å². The van der Waals surface area contributed by atoms with Gasteiger partial charge in [-0.3, -0.25) is 5.84 Å². The lowest BCUT2D eigenvalue weighted by Crippen LogP contribution is -2.06. The molecule has 0 aliphatic carbocycles. The lowest BCUT2D eigenvalue weighted by atomic mass is 10.1. The van der Waals surface area contributed by atoms with Gasteiger partial charge in [0.25, 0.3) is 0 Å². The molecule has 0 aliphatic heterocycles. The highest BCUT2D eigenvalue weighted by molar-refractivity contribution is 7.17. The average Bonchev–Trinajstić information content (AvgIpc) is 2.68. The molecule has 0 aliphatic rings. The van der Waals surface area contributed by atoms with Crippen molar-refractivity contribution in [2.45, 2.75) is 26.2 Å². The van der Waals surface area contributed by atoms with Crippen LogP contribution in [0.5, 0.6) is 0 Å². The highest BCUT2D eigenvalue weighted by Crippen LogP contribution is 2.29. The molecule has 1 aromatic heterocycles. The molecule has 0 amide bonds. The lowest BCUT2D eigenvalue weighted by Gasteiger charge is -2.01. The minimum Gasteiger partial charge on any atom is -0.324 e. The van der Waals surface area contributed by atoms with Crippen LogP contribution in [-0.2, 0) is 6.42 Å². The van der Waals surface area contributed by atoms with E-state index in [0.29, 0.717) is 0 Å². The van der Waals surface area contributed by atoms with Crippen molar-refractivity contribution in [3.05, 3.63) is 29.1 Å². The van der Waals surface area contributed by atoms with Crippen LogP contribution in [0.15, 0.2) is 23.6 Å². The number of rotatable bonds is 4. The molecule has 0 radical (unpaired) electrons. The molecular formula is C12H16N2S. The van der Waals surface area contributed by atoms with Crippen molar-refractivity contribution in [2.24, 2.45) is 5.84 Å². The number of nitrogens with one attached hydrogen (secondary N) is 1. The van der Waals surface area contributed by atoms with Crippen molar-refractivity contribution in [1.82, 2.24) is 0 Å². The van der Waals surface area contributed by atoms with Crippen LogP contribution in [0, 0.1) is 0 Å². The molecule has 0 saturated carbocycles. The number of hydrogen-bond acceptors (Lipinski definition) is 3. The number of nitrogens with two attached hydrogens (primary N) is 1. The van der Waals surface area contributed by atoms with Crippen LogP contribution in [0.1, 0.15) is 25.3 Å². The van der Waals surface area contributed by atoms with Crippen LogP contribution in [0.4, 0.5) is 5.69 Å². The first-order valence-electron chi connectivity index (χ1n) is 5.32. The Labute approximate surface area is 94.1 Å². The molecule has 2 nitrogen and oxygen atoms in total. The normalized spacial score (nSPS) is 10.8. The molecule has 15 heavy (non-hydrogen) atoms. The summed E-state index contributed by atoms with van der Waals surface area (Å²) in [6.45, 7) is 2.22. The summed E-state index contributed by atoms with van der Waals surface area (Å²) in [5.41, 5.74) is 5.13. The molecule has 1 aromatic carbocycles. The first kappa shape index (κ1) is 10.5. The van der Waals surface area contributed by atoms with Crippen LogP contribution >= 0.6 is 11.3 Å². The van der Waals surface area contributed by atoms with Crippen molar-refractivity contribution in [2.75, 3.05) is 5.43 Å². The van der Waals surface area contributed by atoms with Gasteiger partial charge in [0.05, 0.1) is 0 Å². The summed E-state index contributed by atoms with van der Waals surface area (Å²) in [6.07, 6.45) is 3.67. The molecule has 0 spiro atoms. The topological polar surface area (TPSA) is 38.0 Å². The van der Waals surface area contributed by atoms with E-state index < -0.39 is 0 Å². The molecule has 0 saturated heterocycles. The molecule has 0 unspecified atom stereocenters. The van der Waals surface area contributed by atoms with Gasteiger partial charge in [0.15, 0.2) is 0 Å². The molecule has 1 heterocycles. The molecule has 0 atom stereocenters. The standard InChI is InChI=1S/C12H16N2S/c1-2-3-4-9-8-15-12-6-5-10(14-13)7-11(9)12/h5-8,14H,2-4,13H2,1H3. The van der Waals surface area contributed by atoms with Gasteiger partial charge < -0.3 is 5.43 Å². The average molecular weight is 220 g/mol. The predicted molar refractivity (Wildman–Crippen MR) is 68.2 cm³/mol. The highest BCUT2D eigenvalue weighted by atomic mass is 32.1. The second-order valence-electron chi connectivity index (χ2n) is 3.72. The van der Waals surface area contributed by atoms with Crippen molar-refractivity contribution in [3.63, 3.8) is 0 Å². The zero-order chi connectivity index (χ0) is 10.7. The number of anilines is 1. The first-order chi connectivity index (χ1) is 7.35. The van der Waals surface area contributed by atoms with E-state index in [4.69, 9.17) is 5.84 Å². The second-order valence-corrected chi connectivity index (χ2v) is 4.63. The minimum atomic E-state index is 0.985. The molecule has 3 heteroatoms. The summed E-state index contributed by atoms with van der Waals surface area (Å²) in [6, 6.07) is 6.28. The van der Waals surface area contributed by atoms with Crippen LogP contribution in [0.3, 0.4) is 0 Å². The maximum absolute atomic E-state index is 5.41. The number of benzene rings is 1. The summed E-state index contributed by atoms with van der Waals surface area (Å²) in [7, 11) is 0. The Balaban J connectivity index is 2.38. The van der Waals surface area contributed by atoms with E-state index in [0.717, 1.165) is 5.69 Å². The SMILES string of the molecule is CCCCc1csc2ccc(NN)cc12. The predicted octanol–water partition coefficient (Wildman–Crippen LogP) is 3.53. The molecule has 3 N–H and O–H groups in total. The number of nitrogen functional groups attached to an aromatic ring is 1. The molecule has 0 fully saturated rings. The van der Waals surface area contributed by atoms with E-state index in [1.807, 2.05) is 17.4 Å².